The van der Waals surface area contributed by atoms with Gasteiger partial charge in [0, 0.05) is 20.4 Å². The van der Waals surface area contributed by atoms with Gasteiger partial charge in [-0.2, -0.15) is 30.3 Å². The summed E-state index contributed by atoms with van der Waals surface area (Å²) < 4.78 is 0. The van der Waals surface area contributed by atoms with E-state index in [1.165, 1.54) is 31.8 Å². The summed E-state index contributed by atoms with van der Waals surface area (Å²) in [5.74, 6) is 0. The Morgan fingerprint density at radius 3 is 0.723 bits per heavy atom. The summed E-state index contributed by atoms with van der Waals surface area (Å²) in [5, 5.41) is 8.39. The minimum atomic E-state index is -0.446. The number of benzene rings is 7. The first-order chi connectivity index (χ1) is 22.8. The summed E-state index contributed by atoms with van der Waals surface area (Å²) in [4.78, 5) is 9.99. The third-order valence-electron chi connectivity index (χ3n) is 6.97. The van der Waals surface area contributed by atoms with Crippen molar-refractivity contribution in [1.82, 2.24) is 0 Å². The van der Waals surface area contributed by atoms with Gasteiger partial charge in [-0.05, 0) is 47.7 Å². The molecule has 0 atom stereocenters. The Hall–Kier alpha value is -4.27. The molecule has 0 fully saturated rings. The molecule has 0 radical (unpaired) electrons. The van der Waals surface area contributed by atoms with Gasteiger partial charge < -0.3 is 4.79 Å². The fourth-order valence-electron chi connectivity index (χ4n) is 4.84. The van der Waals surface area contributed by atoms with Crippen molar-refractivity contribution < 1.29 is 25.2 Å². The molecule has 1 nitrogen and oxygen atoms in total. The van der Waals surface area contributed by atoms with Crippen LogP contribution in [0.25, 0.3) is 0 Å². The third kappa shape index (κ3) is 10.9. The SMILES string of the molecule is O=Cc1cc[c-]cc1.[Pd].c1ccc(P(c2ccccc2)c2ccccc2)cc1.c1ccc(P(c2ccccc2)c2ccccc2)cc1. The van der Waals surface area contributed by atoms with E-state index in [-0.39, 0.29) is 20.4 Å². The molecule has 0 unspecified atom stereocenters. The minimum absolute atomic E-state index is 0. The Bertz CT molecular complexity index is 1520. The zero-order valence-corrected chi connectivity index (χ0v) is 29.2. The number of aldehydes is 1. The molecule has 0 bridgehead atoms. The van der Waals surface area contributed by atoms with Crippen molar-refractivity contribution in [3.8, 4) is 0 Å². The molecule has 0 saturated heterocycles. The van der Waals surface area contributed by atoms with Crippen molar-refractivity contribution in [1.29, 1.82) is 0 Å². The molecule has 0 aliphatic heterocycles. The van der Waals surface area contributed by atoms with Crippen molar-refractivity contribution in [2.24, 2.45) is 0 Å². The van der Waals surface area contributed by atoms with Crippen LogP contribution in [-0.2, 0) is 20.4 Å². The van der Waals surface area contributed by atoms with Crippen LogP contribution in [0.4, 0.5) is 0 Å². The largest absolute Gasteiger partial charge is 0.300 e. The van der Waals surface area contributed by atoms with E-state index in [0.717, 1.165) is 6.29 Å². The van der Waals surface area contributed by atoms with Crippen LogP contribution in [0.5, 0.6) is 0 Å². The molecule has 7 rings (SSSR count). The Labute approximate surface area is 295 Å². The maximum absolute atomic E-state index is 9.99. The van der Waals surface area contributed by atoms with Crippen molar-refractivity contribution >= 4 is 54.0 Å². The van der Waals surface area contributed by atoms with Crippen molar-refractivity contribution in [3.05, 3.63) is 218 Å². The zero-order chi connectivity index (χ0) is 31.7. The van der Waals surface area contributed by atoms with Crippen LogP contribution in [0.2, 0.25) is 0 Å². The van der Waals surface area contributed by atoms with Crippen molar-refractivity contribution in [2.45, 2.75) is 0 Å². The molecule has 7 aromatic carbocycles. The predicted octanol–water partition coefficient (Wildman–Crippen LogP) is 8.19. The van der Waals surface area contributed by atoms with Crippen LogP contribution in [-0.4, -0.2) is 6.29 Å². The van der Waals surface area contributed by atoms with Gasteiger partial charge in [0.25, 0.3) is 0 Å². The maximum atomic E-state index is 9.99. The molecule has 0 spiro atoms. The summed E-state index contributed by atoms with van der Waals surface area (Å²) in [7, 11) is -0.892. The first-order valence-electron chi connectivity index (χ1n) is 15.2. The first-order valence-corrected chi connectivity index (χ1v) is 17.8. The molecule has 4 heteroatoms. The Morgan fingerprint density at radius 2 is 0.553 bits per heavy atom. The summed E-state index contributed by atoms with van der Waals surface area (Å²) in [6.45, 7) is 0. The molecule has 0 N–H and O–H groups in total. The number of hydrogen-bond acceptors (Lipinski definition) is 1. The molecule has 0 aliphatic carbocycles. The fourth-order valence-corrected chi connectivity index (χ4v) is 9.45. The Morgan fingerprint density at radius 1 is 0.340 bits per heavy atom. The van der Waals surface area contributed by atoms with Crippen LogP contribution in [0, 0.1) is 6.07 Å². The second-order valence-electron chi connectivity index (χ2n) is 10.1. The summed E-state index contributed by atoms with van der Waals surface area (Å²) in [6.07, 6.45) is 0.813. The molecular formula is C43H35OP2Pd-. The number of hydrogen-bond donors (Lipinski definition) is 0. The number of rotatable bonds is 7. The molecule has 234 valence electrons. The average Bonchev–Trinajstić information content (AvgIpc) is 3.15. The van der Waals surface area contributed by atoms with Crippen molar-refractivity contribution in [3.63, 3.8) is 0 Å². The van der Waals surface area contributed by atoms with Gasteiger partial charge in [0.05, 0.1) is 0 Å². The van der Waals surface area contributed by atoms with Gasteiger partial charge >= 0.3 is 0 Å². The molecule has 0 aromatic heterocycles. The van der Waals surface area contributed by atoms with Gasteiger partial charge in [-0.1, -0.05) is 188 Å². The van der Waals surface area contributed by atoms with E-state index in [9.17, 15) is 4.79 Å². The van der Waals surface area contributed by atoms with E-state index in [2.05, 4.69) is 188 Å². The predicted molar refractivity (Wildman–Crippen MR) is 201 cm³/mol. The second kappa shape index (κ2) is 20.1. The van der Waals surface area contributed by atoms with Crippen LogP contribution in [0.1, 0.15) is 10.4 Å². The van der Waals surface area contributed by atoms with Crippen molar-refractivity contribution in [2.75, 3.05) is 0 Å². The summed E-state index contributed by atoms with van der Waals surface area (Å²) in [5.41, 5.74) is 0.698. The minimum Gasteiger partial charge on any atom is -0.300 e. The summed E-state index contributed by atoms with van der Waals surface area (Å²) in [6, 6.07) is 74.3. The van der Waals surface area contributed by atoms with Gasteiger partial charge in [0.2, 0.25) is 0 Å². The van der Waals surface area contributed by atoms with E-state index in [4.69, 9.17) is 0 Å². The molecule has 0 amide bonds. The van der Waals surface area contributed by atoms with Crippen LogP contribution in [0.15, 0.2) is 206 Å². The summed E-state index contributed by atoms with van der Waals surface area (Å²) >= 11 is 0. The zero-order valence-electron chi connectivity index (χ0n) is 25.8. The van der Waals surface area contributed by atoms with Gasteiger partial charge in [0.1, 0.15) is 6.29 Å². The van der Waals surface area contributed by atoms with Gasteiger partial charge in [0.15, 0.2) is 0 Å². The van der Waals surface area contributed by atoms with Gasteiger partial charge in [-0.25, -0.2) is 0 Å². The molecule has 0 saturated carbocycles. The molecule has 47 heavy (non-hydrogen) atoms. The maximum Gasteiger partial charge on any atom is 0.126 e. The molecular weight excluding hydrogens is 701 g/mol. The smallest absolute Gasteiger partial charge is 0.126 e. The monoisotopic (exact) mass is 735 g/mol. The van der Waals surface area contributed by atoms with E-state index >= 15 is 0 Å². The first kappa shape index (κ1) is 35.6. The number of carbonyl (C=O) groups excluding carboxylic acids is 1. The molecule has 0 aliphatic rings. The van der Waals surface area contributed by atoms with Crippen LogP contribution >= 0.6 is 15.8 Å². The van der Waals surface area contributed by atoms with E-state index in [1.807, 2.05) is 0 Å². The second-order valence-corrected chi connectivity index (χ2v) is 14.6. The quantitative estimate of drug-likeness (QED) is 0.0699. The topological polar surface area (TPSA) is 17.1 Å². The van der Waals surface area contributed by atoms with Crippen LogP contribution in [0.3, 0.4) is 0 Å². The standard InChI is InChI=1S/2C18H15P.C7H5O.Pd/c2*1-4-10-16(11-5-1)19(17-12-6-2-7-13-17)18-14-8-3-9-15-18;8-6-7-4-2-1-3-5-7;/h2*1-15H;2-6H;/q;;-1;. The van der Waals surface area contributed by atoms with Gasteiger partial charge in [-0.15, -0.1) is 0 Å². The third-order valence-corrected chi connectivity index (χ3v) is 11.9. The molecule has 7 aromatic rings. The van der Waals surface area contributed by atoms with E-state index < -0.39 is 15.8 Å². The molecule has 0 heterocycles. The van der Waals surface area contributed by atoms with Crippen LogP contribution < -0.4 is 31.8 Å². The van der Waals surface area contributed by atoms with E-state index in [0.29, 0.717) is 5.56 Å². The fraction of sp³-hybridized carbons (Fsp3) is 0. The average molecular weight is 736 g/mol. The Balaban J connectivity index is 0.000000171. The number of carbonyl (C=O) groups is 1. The normalized spacial score (nSPS) is 10.0. The van der Waals surface area contributed by atoms with E-state index in [1.54, 1.807) is 24.3 Å². The Kier molecular flexibility index (Phi) is 15.2. The van der Waals surface area contributed by atoms with Gasteiger partial charge in [-0.3, -0.25) is 0 Å².